The van der Waals surface area contributed by atoms with Crippen molar-refractivity contribution in [2.75, 3.05) is 0 Å². The average Bonchev–Trinajstić information content (AvgIpc) is 2.81. The molecule has 0 radical (unpaired) electrons. The van der Waals surface area contributed by atoms with Gasteiger partial charge in [-0.3, -0.25) is 9.69 Å². The molecule has 3 aromatic carbocycles. The van der Waals surface area contributed by atoms with Gasteiger partial charge in [0.15, 0.2) is 0 Å². The minimum Gasteiger partial charge on any atom is -0.489 e. The Balaban J connectivity index is 1.85. The molecule has 0 N–H and O–H groups in total. The van der Waals surface area contributed by atoms with Crippen molar-refractivity contribution in [2.45, 2.75) is 65.3 Å². The SMILES string of the molecule is CC(C)N(C(C)C)C(CCc1cc(C=O)ccc1OCc1ccccc1)c1ccccc1. The summed E-state index contributed by atoms with van der Waals surface area (Å²) in [5.41, 5.74) is 4.23. The van der Waals surface area contributed by atoms with Gasteiger partial charge in [-0.25, -0.2) is 0 Å². The third-order valence-corrected chi connectivity index (χ3v) is 5.88. The van der Waals surface area contributed by atoms with Crippen molar-refractivity contribution >= 4 is 6.29 Å². The average molecular weight is 430 g/mol. The molecule has 0 spiro atoms. The first-order valence-corrected chi connectivity index (χ1v) is 11.6. The van der Waals surface area contributed by atoms with Crippen LogP contribution in [-0.4, -0.2) is 23.3 Å². The van der Waals surface area contributed by atoms with Crippen molar-refractivity contribution in [3.63, 3.8) is 0 Å². The van der Waals surface area contributed by atoms with Crippen LogP contribution < -0.4 is 4.74 Å². The smallest absolute Gasteiger partial charge is 0.150 e. The normalized spacial score (nSPS) is 12.3. The second-order valence-corrected chi connectivity index (χ2v) is 8.86. The molecular weight excluding hydrogens is 394 g/mol. The predicted molar refractivity (Wildman–Crippen MR) is 132 cm³/mol. The standard InChI is InChI=1S/C29H35NO2/c1-22(2)30(23(3)4)28(26-13-9-6-10-14-26)17-16-27-19-25(20-31)15-18-29(27)32-21-24-11-7-5-8-12-24/h5-15,18-20,22-23,28H,16-17,21H2,1-4H3. The summed E-state index contributed by atoms with van der Waals surface area (Å²) in [6.07, 6.45) is 2.69. The zero-order valence-corrected chi connectivity index (χ0v) is 19.7. The molecule has 0 aliphatic carbocycles. The number of nitrogens with zero attached hydrogens (tertiary/aromatic N) is 1. The molecule has 0 saturated carbocycles. The quantitative estimate of drug-likeness (QED) is 0.311. The lowest BCUT2D eigenvalue weighted by Gasteiger charge is -2.39. The van der Waals surface area contributed by atoms with Gasteiger partial charge in [0.1, 0.15) is 18.6 Å². The van der Waals surface area contributed by atoms with Gasteiger partial charge in [0.05, 0.1) is 0 Å². The number of benzene rings is 3. The van der Waals surface area contributed by atoms with E-state index in [-0.39, 0.29) is 6.04 Å². The summed E-state index contributed by atoms with van der Waals surface area (Å²) in [5, 5.41) is 0. The minimum atomic E-state index is 0.290. The van der Waals surface area contributed by atoms with Crippen molar-refractivity contribution in [2.24, 2.45) is 0 Å². The Kier molecular flexibility index (Phi) is 8.64. The van der Waals surface area contributed by atoms with Crippen molar-refractivity contribution in [3.8, 4) is 5.75 Å². The van der Waals surface area contributed by atoms with Crippen molar-refractivity contribution in [1.29, 1.82) is 0 Å². The summed E-state index contributed by atoms with van der Waals surface area (Å²) in [6, 6.07) is 27.8. The van der Waals surface area contributed by atoms with Gasteiger partial charge in [0, 0.05) is 23.7 Å². The molecule has 3 rings (SSSR count). The topological polar surface area (TPSA) is 29.5 Å². The second-order valence-electron chi connectivity index (χ2n) is 8.86. The zero-order valence-electron chi connectivity index (χ0n) is 19.7. The van der Waals surface area contributed by atoms with Gasteiger partial charge in [-0.2, -0.15) is 0 Å². The Morgan fingerprint density at radius 3 is 2.06 bits per heavy atom. The fraction of sp³-hybridized carbons (Fsp3) is 0.345. The fourth-order valence-electron chi connectivity index (χ4n) is 4.52. The van der Waals surface area contributed by atoms with Gasteiger partial charge in [-0.15, -0.1) is 0 Å². The number of aryl methyl sites for hydroxylation is 1. The van der Waals surface area contributed by atoms with E-state index in [0.29, 0.717) is 24.3 Å². The number of carbonyl (C=O) groups is 1. The van der Waals surface area contributed by atoms with Crippen LogP contribution >= 0.6 is 0 Å². The molecule has 0 bridgehead atoms. The van der Waals surface area contributed by atoms with E-state index < -0.39 is 0 Å². The molecule has 0 aliphatic heterocycles. The maximum absolute atomic E-state index is 11.4. The third-order valence-electron chi connectivity index (χ3n) is 5.88. The van der Waals surface area contributed by atoms with Gasteiger partial charge in [0.2, 0.25) is 0 Å². The molecule has 0 aromatic heterocycles. The largest absolute Gasteiger partial charge is 0.489 e. The van der Waals surface area contributed by atoms with Crippen molar-refractivity contribution < 1.29 is 9.53 Å². The minimum absolute atomic E-state index is 0.290. The van der Waals surface area contributed by atoms with Gasteiger partial charge >= 0.3 is 0 Å². The van der Waals surface area contributed by atoms with E-state index in [4.69, 9.17) is 4.74 Å². The number of aldehydes is 1. The van der Waals surface area contributed by atoms with Crippen molar-refractivity contribution in [3.05, 3.63) is 101 Å². The van der Waals surface area contributed by atoms with Gasteiger partial charge in [-0.1, -0.05) is 60.7 Å². The lowest BCUT2D eigenvalue weighted by Crippen LogP contribution is -2.40. The Hall–Kier alpha value is -2.91. The number of carbonyl (C=O) groups excluding carboxylic acids is 1. The highest BCUT2D eigenvalue weighted by molar-refractivity contribution is 5.75. The molecule has 168 valence electrons. The summed E-state index contributed by atoms with van der Waals surface area (Å²) >= 11 is 0. The Morgan fingerprint density at radius 2 is 1.47 bits per heavy atom. The fourth-order valence-corrected chi connectivity index (χ4v) is 4.52. The molecule has 32 heavy (non-hydrogen) atoms. The summed E-state index contributed by atoms with van der Waals surface area (Å²) in [5.74, 6) is 0.854. The first kappa shape index (κ1) is 23.7. The second kappa shape index (κ2) is 11.6. The summed E-state index contributed by atoms with van der Waals surface area (Å²) < 4.78 is 6.19. The van der Waals surface area contributed by atoms with E-state index in [1.807, 2.05) is 36.4 Å². The zero-order chi connectivity index (χ0) is 22.9. The van der Waals surface area contributed by atoms with E-state index in [2.05, 4.69) is 75.1 Å². The number of hydrogen-bond donors (Lipinski definition) is 0. The van der Waals surface area contributed by atoms with Crippen LogP contribution in [0, 0.1) is 0 Å². The molecule has 1 atom stereocenters. The summed E-state index contributed by atoms with van der Waals surface area (Å²) in [6.45, 7) is 9.56. The van der Waals surface area contributed by atoms with E-state index in [9.17, 15) is 4.79 Å². The van der Waals surface area contributed by atoms with Gasteiger partial charge < -0.3 is 4.74 Å². The van der Waals surface area contributed by atoms with E-state index >= 15 is 0 Å². The van der Waals surface area contributed by atoms with Crippen LogP contribution in [0.1, 0.15) is 67.2 Å². The van der Waals surface area contributed by atoms with Crippen LogP contribution in [0.5, 0.6) is 5.75 Å². The van der Waals surface area contributed by atoms with Crippen LogP contribution in [0.4, 0.5) is 0 Å². The van der Waals surface area contributed by atoms with Crippen LogP contribution in [-0.2, 0) is 13.0 Å². The molecule has 1 unspecified atom stereocenters. The number of hydrogen-bond acceptors (Lipinski definition) is 3. The molecule has 0 aliphatic rings. The highest BCUT2D eigenvalue weighted by atomic mass is 16.5. The Bertz CT molecular complexity index is 959. The molecule has 3 heteroatoms. The van der Waals surface area contributed by atoms with Crippen LogP contribution in [0.25, 0.3) is 0 Å². The molecular formula is C29H35NO2. The lowest BCUT2D eigenvalue weighted by molar-refractivity contribution is 0.106. The van der Waals surface area contributed by atoms with E-state index in [1.54, 1.807) is 0 Å². The molecule has 0 fully saturated rings. The highest BCUT2D eigenvalue weighted by Gasteiger charge is 2.25. The molecule has 0 amide bonds. The van der Waals surface area contributed by atoms with E-state index in [1.165, 1.54) is 5.56 Å². The van der Waals surface area contributed by atoms with E-state index in [0.717, 1.165) is 36.0 Å². The maximum atomic E-state index is 11.4. The maximum Gasteiger partial charge on any atom is 0.150 e. The number of rotatable bonds is 11. The van der Waals surface area contributed by atoms with Gasteiger partial charge in [-0.05, 0) is 75.4 Å². The summed E-state index contributed by atoms with van der Waals surface area (Å²) in [4.78, 5) is 14.0. The van der Waals surface area contributed by atoms with Crippen molar-refractivity contribution in [1.82, 2.24) is 4.90 Å². The highest BCUT2D eigenvalue weighted by Crippen LogP contribution is 2.32. The molecule has 3 aromatic rings. The first-order chi connectivity index (χ1) is 15.5. The predicted octanol–water partition coefficient (Wildman–Crippen LogP) is 6.87. The van der Waals surface area contributed by atoms with Crippen LogP contribution in [0.2, 0.25) is 0 Å². The molecule has 0 saturated heterocycles. The summed E-state index contributed by atoms with van der Waals surface area (Å²) in [7, 11) is 0. The van der Waals surface area contributed by atoms with Crippen LogP contribution in [0.15, 0.2) is 78.9 Å². The lowest BCUT2D eigenvalue weighted by atomic mass is 9.94. The molecule has 0 heterocycles. The Morgan fingerprint density at radius 1 is 0.844 bits per heavy atom. The third kappa shape index (κ3) is 6.30. The Labute approximate surface area is 193 Å². The number of ether oxygens (including phenoxy) is 1. The first-order valence-electron chi connectivity index (χ1n) is 11.6. The molecule has 3 nitrogen and oxygen atoms in total. The monoisotopic (exact) mass is 429 g/mol. The van der Waals surface area contributed by atoms with Crippen LogP contribution in [0.3, 0.4) is 0 Å². The van der Waals surface area contributed by atoms with Gasteiger partial charge in [0.25, 0.3) is 0 Å².